The summed E-state index contributed by atoms with van der Waals surface area (Å²) in [6, 6.07) is 3.12. The highest BCUT2D eigenvalue weighted by Gasteiger charge is 2.45. The summed E-state index contributed by atoms with van der Waals surface area (Å²) in [5.74, 6) is -0.160. The Morgan fingerprint density at radius 3 is 2.65 bits per heavy atom. The second-order valence-corrected chi connectivity index (χ2v) is 7.03. The molecule has 1 N–H and O–H groups in total. The second kappa shape index (κ2) is 6.61. The predicted molar refractivity (Wildman–Crippen MR) is 93.0 cm³/mol. The van der Waals surface area contributed by atoms with E-state index in [1.54, 1.807) is 10.6 Å². The smallest absolute Gasteiger partial charge is 0.252 e. The molecule has 1 aliphatic heterocycles. The lowest BCUT2D eigenvalue weighted by molar-refractivity contribution is -0.203. The van der Waals surface area contributed by atoms with Crippen LogP contribution in [0.15, 0.2) is 23.1 Å². The Morgan fingerprint density at radius 1 is 1.23 bits per heavy atom. The standard InChI is InChI=1S/C18H23N3O5/c1-24-14-12-19-13-2-3-15(22)21(16(13)20-14)9-8-17(23)4-6-18(7-5-17)25-10-11-26-18/h2-3,12,23H,4-11H2,1H3. The number of methoxy groups -OCH3 is 1. The molecule has 4 rings (SSSR count). The van der Waals surface area contributed by atoms with Gasteiger partial charge in [0.15, 0.2) is 11.4 Å². The summed E-state index contributed by atoms with van der Waals surface area (Å²) in [5, 5.41) is 11.0. The first-order valence-corrected chi connectivity index (χ1v) is 8.94. The van der Waals surface area contributed by atoms with Crippen molar-refractivity contribution in [3.8, 4) is 5.88 Å². The lowest BCUT2D eigenvalue weighted by Gasteiger charge is -2.40. The second-order valence-electron chi connectivity index (χ2n) is 7.03. The van der Waals surface area contributed by atoms with E-state index in [1.165, 1.54) is 19.4 Å². The zero-order valence-electron chi connectivity index (χ0n) is 14.8. The monoisotopic (exact) mass is 361 g/mol. The third kappa shape index (κ3) is 3.20. The minimum atomic E-state index is -0.839. The van der Waals surface area contributed by atoms with Crippen molar-refractivity contribution in [2.75, 3.05) is 20.3 Å². The molecule has 8 nitrogen and oxygen atoms in total. The van der Waals surface area contributed by atoms with Crippen molar-refractivity contribution >= 4 is 11.2 Å². The van der Waals surface area contributed by atoms with E-state index in [0.717, 1.165) is 0 Å². The molecule has 3 heterocycles. The van der Waals surface area contributed by atoms with Crippen molar-refractivity contribution in [2.24, 2.45) is 0 Å². The van der Waals surface area contributed by atoms with Crippen molar-refractivity contribution in [3.63, 3.8) is 0 Å². The van der Waals surface area contributed by atoms with Crippen LogP contribution in [-0.4, -0.2) is 51.4 Å². The Kier molecular flexibility index (Phi) is 4.42. The average molecular weight is 361 g/mol. The van der Waals surface area contributed by atoms with E-state index < -0.39 is 11.4 Å². The number of hydrogen-bond acceptors (Lipinski definition) is 7. The molecule has 0 aromatic carbocycles. The maximum absolute atomic E-state index is 12.3. The molecule has 0 radical (unpaired) electrons. The fourth-order valence-corrected chi connectivity index (χ4v) is 3.80. The number of aliphatic hydroxyl groups is 1. The molecule has 1 saturated heterocycles. The van der Waals surface area contributed by atoms with Gasteiger partial charge in [-0.05, 0) is 25.3 Å². The number of rotatable bonds is 4. The first-order chi connectivity index (χ1) is 12.5. The number of pyridine rings is 1. The molecule has 2 aromatic rings. The summed E-state index contributed by atoms with van der Waals surface area (Å²) in [4.78, 5) is 21.0. The molecule has 1 saturated carbocycles. The summed E-state index contributed by atoms with van der Waals surface area (Å²) < 4.78 is 18.1. The highest BCUT2D eigenvalue weighted by atomic mass is 16.7. The van der Waals surface area contributed by atoms with Gasteiger partial charge in [-0.3, -0.25) is 9.36 Å². The molecule has 2 fully saturated rings. The summed E-state index contributed by atoms with van der Waals surface area (Å²) in [6.45, 7) is 1.60. The molecule has 1 aliphatic carbocycles. The number of fused-ring (bicyclic) bond motifs is 1. The number of nitrogens with zero attached hydrogens (tertiary/aromatic N) is 3. The van der Waals surface area contributed by atoms with Gasteiger partial charge in [0.25, 0.3) is 5.56 Å². The van der Waals surface area contributed by atoms with Crippen molar-refractivity contribution in [1.82, 2.24) is 14.5 Å². The van der Waals surface area contributed by atoms with E-state index in [-0.39, 0.29) is 5.56 Å². The van der Waals surface area contributed by atoms with E-state index in [9.17, 15) is 9.90 Å². The van der Waals surface area contributed by atoms with E-state index in [0.29, 0.717) is 68.9 Å². The Morgan fingerprint density at radius 2 is 1.96 bits per heavy atom. The van der Waals surface area contributed by atoms with Crippen LogP contribution in [0.3, 0.4) is 0 Å². The van der Waals surface area contributed by atoms with Gasteiger partial charge in [0.05, 0.1) is 32.1 Å². The molecule has 26 heavy (non-hydrogen) atoms. The number of aromatic nitrogens is 3. The molecule has 0 unspecified atom stereocenters. The van der Waals surface area contributed by atoms with E-state index in [2.05, 4.69) is 9.97 Å². The van der Waals surface area contributed by atoms with Gasteiger partial charge in [0, 0.05) is 25.5 Å². The van der Waals surface area contributed by atoms with Crippen molar-refractivity contribution in [2.45, 2.75) is 50.0 Å². The largest absolute Gasteiger partial charge is 0.480 e. The number of aryl methyl sites for hydroxylation is 1. The molecular formula is C18H23N3O5. The minimum Gasteiger partial charge on any atom is -0.480 e. The predicted octanol–water partition coefficient (Wildman–Crippen LogP) is 1.24. The highest BCUT2D eigenvalue weighted by Crippen LogP contribution is 2.41. The Labute approximate surface area is 150 Å². The van der Waals surface area contributed by atoms with Crippen LogP contribution in [0, 0.1) is 0 Å². The minimum absolute atomic E-state index is 0.168. The van der Waals surface area contributed by atoms with Crippen LogP contribution in [0.4, 0.5) is 0 Å². The fourth-order valence-electron chi connectivity index (χ4n) is 3.80. The first kappa shape index (κ1) is 17.4. The van der Waals surface area contributed by atoms with Crippen LogP contribution < -0.4 is 10.3 Å². The van der Waals surface area contributed by atoms with Gasteiger partial charge in [-0.1, -0.05) is 0 Å². The maximum atomic E-state index is 12.3. The highest BCUT2D eigenvalue weighted by molar-refractivity contribution is 5.70. The van der Waals surface area contributed by atoms with Crippen LogP contribution in [0.2, 0.25) is 0 Å². The molecule has 8 heteroatoms. The molecule has 0 atom stereocenters. The Bertz CT molecular complexity index is 850. The molecule has 0 amide bonds. The maximum Gasteiger partial charge on any atom is 0.252 e. The summed E-state index contributed by atoms with van der Waals surface area (Å²) in [5.41, 5.74) is 0.0791. The molecule has 140 valence electrons. The van der Waals surface area contributed by atoms with Crippen molar-refractivity contribution < 1.29 is 19.3 Å². The summed E-state index contributed by atoms with van der Waals surface area (Å²) >= 11 is 0. The van der Waals surface area contributed by atoms with Crippen LogP contribution in [-0.2, 0) is 16.0 Å². The lowest BCUT2D eigenvalue weighted by Crippen LogP contribution is -2.44. The zero-order chi connectivity index (χ0) is 18.2. The normalized spacial score (nSPS) is 21.3. The van der Waals surface area contributed by atoms with Crippen LogP contribution >= 0.6 is 0 Å². The Balaban J connectivity index is 1.52. The van der Waals surface area contributed by atoms with Gasteiger partial charge in [0.1, 0.15) is 5.52 Å². The SMILES string of the molecule is COc1cnc2ccc(=O)n(CCC3(O)CCC4(CC3)OCCO4)c2n1. The molecule has 1 spiro atoms. The summed E-state index contributed by atoms with van der Waals surface area (Å²) in [7, 11) is 1.51. The van der Waals surface area contributed by atoms with E-state index >= 15 is 0 Å². The lowest BCUT2D eigenvalue weighted by atomic mass is 9.79. The summed E-state index contributed by atoms with van der Waals surface area (Å²) in [6.07, 6.45) is 4.49. The van der Waals surface area contributed by atoms with E-state index in [4.69, 9.17) is 14.2 Å². The number of ether oxygens (including phenoxy) is 3. The first-order valence-electron chi connectivity index (χ1n) is 8.94. The molecular weight excluding hydrogens is 338 g/mol. The van der Waals surface area contributed by atoms with Crippen LogP contribution in [0.5, 0.6) is 5.88 Å². The van der Waals surface area contributed by atoms with Crippen LogP contribution in [0.1, 0.15) is 32.1 Å². The number of hydrogen-bond donors (Lipinski definition) is 1. The van der Waals surface area contributed by atoms with Crippen LogP contribution in [0.25, 0.3) is 11.2 Å². The zero-order valence-corrected chi connectivity index (χ0v) is 14.8. The van der Waals surface area contributed by atoms with Gasteiger partial charge in [-0.15, -0.1) is 0 Å². The molecule has 2 aliphatic rings. The van der Waals surface area contributed by atoms with Gasteiger partial charge in [-0.2, -0.15) is 4.98 Å². The van der Waals surface area contributed by atoms with Gasteiger partial charge < -0.3 is 19.3 Å². The fraction of sp³-hybridized carbons (Fsp3) is 0.611. The quantitative estimate of drug-likeness (QED) is 0.875. The third-order valence-corrected chi connectivity index (χ3v) is 5.43. The van der Waals surface area contributed by atoms with Crippen molar-refractivity contribution in [1.29, 1.82) is 0 Å². The average Bonchev–Trinajstić information content (AvgIpc) is 3.12. The van der Waals surface area contributed by atoms with Gasteiger partial charge in [-0.25, -0.2) is 4.98 Å². The third-order valence-electron chi connectivity index (χ3n) is 5.43. The topological polar surface area (TPSA) is 95.7 Å². The van der Waals surface area contributed by atoms with Crippen molar-refractivity contribution in [3.05, 3.63) is 28.7 Å². The van der Waals surface area contributed by atoms with Gasteiger partial charge >= 0.3 is 0 Å². The molecule has 0 bridgehead atoms. The molecule has 2 aromatic heterocycles. The Hall–Kier alpha value is -2.03. The van der Waals surface area contributed by atoms with Gasteiger partial charge in [0.2, 0.25) is 5.88 Å². The van der Waals surface area contributed by atoms with E-state index in [1.807, 2.05) is 0 Å².